The lowest BCUT2D eigenvalue weighted by Gasteiger charge is -2.19. The van der Waals surface area contributed by atoms with E-state index in [4.69, 9.17) is 5.26 Å². The van der Waals surface area contributed by atoms with Gasteiger partial charge in [-0.05, 0) is 24.0 Å². The van der Waals surface area contributed by atoms with Gasteiger partial charge in [0, 0.05) is 23.0 Å². The summed E-state index contributed by atoms with van der Waals surface area (Å²) in [4.78, 5) is 0. The summed E-state index contributed by atoms with van der Waals surface area (Å²) in [5.41, 5.74) is 2.17. The number of nitrogens with one attached hydrogen (secondary N) is 1. The summed E-state index contributed by atoms with van der Waals surface area (Å²) in [6.45, 7) is 7.67. The van der Waals surface area contributed by atoms with E-state index in [0.29, 0.717) is 5.41 Å². The number of anilines is 1. The van der Waals surface area contributed by atoms with Gasteiger partial charge in [0.2, 0.25) is 0 Å². The zero-order valence-corrected chi connectivity index (χ0v) is 11.8. The van der Waals surface area contributed by atoms with E-state index < -0.39 is 0 Å². The maximum absolute atomic E-state index is 9.14. The average Bonchev–Trinajstić information content (AvgIpc) is 2.37. The number of nitriles is 1. The fraction of sp³-hybridized carbons (Fsp3) is 0.353. The molecule has 2 nitrogen and oxygen atoms in total. The topological polar surface area (TPSA) is 35.8 Å². The normalized spacial score (nSPS) is 11.3. The number of nitrogens with zero attached hydrogens (tertiary/aromatic N) is 1. The monoisotopic (exact) mass is 252 g/mol. The van der Waals surface area contributed by atoms with Gasteiger partial charge in [-0.15, -0.1) is 0 Å². The second-order valence-corrected chi connectivity index (χ2v) is 6.06. The molecule has 0 aliphatic rings. The third-order valence-electron chi connectivity index (χ3n) is 3.23. The van der Waals surface area contributed by atoms with Crippen molar-refractivity contribution in [2.24, 2.45) is 5.41 Å². The lowest BCUT2D eigenvalue weighted by molar-refractivity contribution is 0.390. The van der Waals surface area contributed by atoms with E-state index in [1.54, 1.807) is 0 Å². The summed E-state index contributed by atoms with van der Waals surface area (Å²) in [5.74, 6) is 0. The van der Waals surface area contributed by atoms with Gasteiger partial charge in [0.05, 0.1) is 11.6 Å². The highest BCUT2D eigenvalue weighted by Crippen LogP contribution is 2.27. The molecule has 2 aromatic carbocycles. The van der Waals surface area contributed by atoms with Crippen LogP contribution in [0.1, 0.15) is 32.8 Å². The van der Waals surface area contributed by atoms with Gasteiger partial charge in [0.25, 0.3) is 0 Å². The van der Waals surface area contributed by atoms with Crippen molar-refractivity contribution < 1.29 is 0 Å². The van der Waals surface area contributed by atoms with E-state index in [0.717, 1.165) is 35.0 Å². The molecule has 2 heteroatoms. The first kappa shape index (κ1) is 13.4. The molecular weight excluding hydrogens is 232 g/mol. The van der Waals surface area contributed by atoms with E-state index in [2.05, 4.69) is 38.2 Å². The summed E-state index contributed by atoms with van der Waals surface area (Å²) < 4.78 is 0. The molecule has 1 N–H and O–H groups in total. The number of benzene rings is 2. The van der Waals surface area contributed by atoms with Crippen LogP contribution in [0.3, 0.4) is 0 Å². The van der Waals surface area contributed by atoms with Crippen molar-refractivity contribution in [2.45, 2.75) is 27.2 Å². The number of hydrogen-bond donors (Lipinski definition) is 1. The molecule has 0 atom stereocenters. The van der Waals surface area contributed by atoms with Crippen LogP contribution in [0.4, 0.5) is 5.69 Å². The predicted octanol–water partition coefficient (Wildman–Crippen LogP) is 4.56. The number of hydrogen-bond acceptors (Lipinski definition) is 2. The lowest BCUT2D eigenvalue weighted by Crippen LogP contribution is -2.13. The van der Waals surface area contributed by atoms with Gasteiger partial charge in [-0.2, -0.15) is 5.26 Å². The largest absolute Gasteiger partial charge is 0.385 e. The van der Waals surface area contributed by atoms with Gasteiger partial charge < -0.3 is 5.32 Å². The van der Waals surface area contributed by atoms with E-state index in [-0.39, 0.29) is 0 Å². The molecule has 0 unspecified atom stereocenters. The minimum Gasteiger partial charge on any atom is -0.385 e. The van der Waals surface area contributed by atoms with Crippen LogP contribution >= 0.6 is 0 Å². The highest BCUT2D eigenvalue weighted by Gasteiger charge is 2.10. The van der Waals surface area contributed by atoms with Crippen LogP contribution in [-0.4, -0.2) is 6.54 Å². The Morgan fingerprint density at radius 2 is 1.74 bits per heavy atom. The summed E-state index contributed by atoms with van der Waals surface area (Å²) in [5, 5.41) is 14.8. The smallest absolute Gasteiger partial charge is 0.0998 e. The van der Waals surface area contributed by atoms with Crippen LogP contribution in [0.15, 0.2) is 36.4 Å². The molecule has 0 saturated carbocycles. The SMILES string of the molecule is CC(C)(C)CCNc1ccc(C#N)c2ccccc12. The molecule has 0 saturated heterocycles. The molecule has 0 heterocycles. The van der Waals surface area contributed by atoms with Crippen LogP contribution in [0.25, 0.3) is 10.8 Å². The molecule has 0 spiro atoms. The fourth-order valence-electron chi connectivity index (χ4n) is 2.12. The Bertz CT molecular complexity index is 615. The third kappa shape index (κ3) is 3.26. The maximum Gasteiger partial charge on any atom is 0.0998 e. The van der Waals surface area contributed by atoms with Crippen molar-refractivity contribution in [3.63, 3.8) is 0 Å². The van der Waals surface area contributed by atoms with Crippen molar-refractivity contribution in [2.75, 3.05) is 11.9 Å². The minimum atomic E-state index is 0.329. The molecule has 0 fully saturated rings. The van der Waals surface area contributed by atoms with Crippen LogP contribution in [0.2, 0.25) is 0 Å². The summed E-state index contributed by atoms with van der Waals surface area (Å²) >= 11 is 0. The lowest BCUT2D eigenvalue weighted by atomic mass is 9.92. The van der Waals surface area contributed by atoms with Crippen molar-refractivity contribution in [3.05, 3.63) is 42.0 Å². The Morgan fingerprint density at radius 1 is 1.05 bits per heavy atom. The Hall–Kier alpha value is -2.01. The first-order chi connectivity index (χ1) is 9.01. The second kappa shape index (κ2) is 5.32. The van der Waals surface area contributed by atoms with Crippen LogP contribution in [0, 0.1) is 16.7 Å². The highest BCUT2D eigenvalue weighted by molar-refractivity contribution is 5.97. The second-order valence-electron chi connectivity index (χ2n) is 6.06. The molecule has 19 heavy (non-hydrogen) atoms. The predicted molar refractivity (Wildman–Crippen MR) is 81.2 cm³/mol. The molecule has 0 bridgehead atoms. The highest BCUT2D eigenvalue weighted by atomic mass is 14.9. The quantitative estimate of drug-likeness (QED) is 0.869. The van der Waals surface area contributed by atoms with Crippen molar-refractivity contribution in [1.29, 1.82) is 5.26 Å². The molecule has 0 aliphatic heterocycles. The minimum absolute atomic E-state index is 0.329. The molecule has 0 radical (unpaired) electrons. The Morgan fingerprint density at radius 3 is 2.37 bits per heavy atom. The number of rotatable bonds is 3. The first-order valence-corrected chi connectivity index (χ1v) is 6.67. The third-order valence-corrected chi connectivity index (χ3v) is 3.23. The number of fused-ring (bicyclic) bond motifs is 1. The average molecular weight is 252 g/mol. The summed E-state index contributed by atoms with van der Waals surface area (Å²) in [6.07, 6.45) is 1.11. The Labute approximate surface area is 115 Å². The molecular formula is C17H20N2. The van der Waals surface area contributed by atoms with Crippen LogP contribution in [-0.2, 0) is 0 Å². The van der Waals surface area contributed by atoms with Gasteiger partial charge in [-0.25, -0.2) is 0 Å². The van der Waals surface area contributed by atoms with E-state index in [1.807, 2.05) is 30.3 Å². The molecule has 98 valence electrons. The zero-order valence-electron chi connectivity index (χ0n) is 11.8. The van der Waals surface area contributed by atoms with E-state index in [1.165, 1.54) is 0 Å². The molecule has 2 aromatic rings. The van der Waals surface area contributed by atoms with Crippen molar-refractivity contribution in [3.8, 4) is 6.07 Å². The van der Waals surface area contributed by atoms with Crippen molar-refractivity contribution >= 4 is 16.5 Å². The van der Waals surface area contributed by atoms with Gasteiger partial charge in [-0.3, -0.25) is 0 Å². The van der Waals surface area contributed by atoms with Crippen molar-refractivity contribution in [1.82, 2.24) is 0 Å². The Balaban J connectivity index is 2.28. The van der Waals surface area contributed by atoms with Gasteiger partial charge in [0.1, 0.15) is 0 Å². The summed E-state index contributed by atoms with van der Waals surface area (Å²) in [7, 11) is 0. The van der Waals surface area contributed by atoms with E-state index >= 15 is 0 Å². The van der Waals surface area contributed by atoms with Gasteiger partial charge in [0.15, 0.2) is 0 Å². The summed E-state index contributed by atoms with van der Waals surface area (Å²) in [6, 6.07) is 14.2. The van der Waals surface area contributed by atoms with Crippen LogP contribution < -0.4 is 5.32 Å². The van der Waals surface area contributed by atoms with Gasteiger partial charge in [-0.1, -0.05) is 45.0 Å². The fourth-order valence-corrected chi connectivity index (χ4v) is 2.12. The molecule has 0 aliphatic carbocycles. The molecule has 2 rings (SSSR count). The van der Waals surface area contributed by atoms with Gasteiger partial charge >= 0.3 is 0 Å². The van der Waals surface area contributed by atoms with Crippen LogP contribution in [0.5, 0.6) is 0 Å². The standard InChI is InChI=1S/C17H20N2/c1-17(2,3)10-11-19-16-9-8-13(12-18)14-6-4-5-7-15(14)16/h4-9,19H,10-11H2,1-3H3. The Kier molecular flexibility index (Phi) is 3.76. The maximum atomic E-state index is 9.14. The molecule has 0 aromatic heterocycles. The van der Waals surface area contributed by atoms with E-state index in [9.17, 15) is 0 Å². The zero-order chi connectivity index (χ0) is 13.9. The first-order valence-electron chi connectivity index (χ1n) is 6.67. The molecule has 0 amide bonds.